The third kappa shape index (κ3) is 8.39. The minimum Gasteiger partial charge on any atom is -0.463 e. The molecule has 2 aromatic heterocycles. The van der Waals surface area contributed by atoms with Gasteiger partial charge in [0.1, 0.15) is 11.6 Å². The first-order valence-electron chi connectivity index (χ1n) is 13.4. The van der Waals surface area contributed by atoms with E-state index in [0.717, 1.165) is 0 Å². The van der Waals surface area contributed by atoms with Crippen molar-refractivity contribution >= 4 is 35.5 Å². The Morgan fingerprint density at radius 1 is 0.700 bits per heavy atom. The van der Waals surface area contributed by atoms with Gasteiger partial charge in [-0.2, -0.15) is 0 Å². The normalized spacial score (nSPS) is 14.6. The number of pyridine rings is 2. The van der Waals surface area contributed by atoms with Gasteiger partial charge >= 0.3 is 23.9 Å². The fourth-order valence-corrected chi connectivity index (χ4v) is 3.75. The molecule has 0 spiro atoms. The van der Waals surface area contributed by atoms with Crippen LogP contribution in [0, 0.1) is 0 Å². The van der Waals surface area contributed by atoms with E-state index in [1.165, 1.54) is 26.2 Å². The second-order valence-electron chi connectivity index (χ2n) is 9.21. The van der Waals surface area contributed by atoms with Crippen molar-refractivity contribution in [2.45, 2.75) is 52.7 Å². The van der Waals surface area contributed by atoms with Gasteiger partial charge in [-0.1, -0.05) is 13.8 Å². The molecule has 40 heavy (non-hydrogen) atoms. The van der Waals surface area contributed by atoms with E-state index in [1.54, 1.807) is 24.3 Å². The van der Waals surface area contributed by atoms with Crippen molar-refractivity contribution in [1.29, 1.82) is 0 Å². The van der Waals surface area contributed by atoms with E-state index in [0.29, 0.717) is 50.7 Å². The van der Waals surface area contributed by atoms with E-state index < -0.39 is 36.1 Å². The first kappa shape index (κ1) is 30.3. The number of carbonyl (C=O) groups excluding carboxylic acids is 4. The van der Waals surface area contributed by atoms with Crippen molar-refractivity contribution < 1.29 is 38.1 Å². The summed E-state index contributed by atoms with van der Waals surface area (Å²) in [6, 6.07) is 6.71. The summed E-state index contributed by atoms with van der Waals surface area (Å²) < 4.78 is 20.3. The zero-order valence-corrected chi connectivity index (χ0v) is 23.3. The highest BCUT2D eigenvalue weighted by molar-refractivity contribution is 5.92. The molecule has 2 aromatic rings. The smallest absolute Gasteiger partial charge is 0.347 e. The van der Waals surface area contributed by atoms with Gasteiger partial charge in [-0.05, 0) is 51.0 Å². The Bertz CT molecular complexity index is 1060. The Morgan fingerprint density at radius 3 is 1.38 bits per heavy atom. The molecule has 0 aromatic carbocycles. The van der Waals surface area contributed by atoms with Crippen molar-refractivity contribution in [3.63, 3.8) is 0 Å². The summed E-state index contributed by atoms with van der Waals surface area (Å²) in [5.41, 5.74) is 0.486. The van der Waals surface area contributed by atoms with Crippen LogP contribution in [0.2, 0.25) is 0 Å². The second-order valence-corrected chi connectivity index (χ2v) is 9.21. The fourth-order valence-electron chi connectivity index (χ4n) is 3.75. The molecule has 0 aliphatic carbocycles. The van der Waals surface area contributed by atoms with Crippen molar-refractivity contribution in [2.75, 3.05) is 49.2 Å². The van der Waals surface area contributed by atoms with Crippen LogP contribution in [0.4, 0.5) is 11.6 Å². The number of hydrogen-bond donors (Lipinski definition) is 0. The quantitative estimate of drug-likeness (QED) is 0.281. The standard InChI is InChI=1S/C28H36N4O8/c1-5-15-37-25(33)19(3)39-27(35)21-7-9-23(29-17-21)31-11-13-32(14-12-31)24-10-8-22(18-30-24)28(36)40-20(4)26(34)38-16-6-2/h7-10,17-20H,5-6,11-16H2,1-4H3/t19-,20?/m0/s1. The lowest BCUT2D eigenvalue weighted by molar-refractivity contribution is -0.153. The number of hydrogen-bond acceptors (Lipinski definition) is 12. The lowest BCUT2D eigenvalue weighted by Gasteiger charge is -2.36. The highest BCUT2D eigenvalue weighted by Gasteiger charge is 2.23. The number of anilines is 2. The summed E-state index contributed by atoms with van der Waals surface area (Å²) in [5.74, 6) is -1.03. The molecule has 0 amide bonds. The number of nitrogens with zero attached hydrogens (tertiary/aromatic N) is 4. The van der Waals surface area contributed by atoms with Crippen molar-refractivity contribution in [2.24, 2.45) is 0 Å². The first-order chi connectivity index (χ1) is 19.2. The number of carbonyl (C=O) groups is 4. The van der Waals surface area contributed by atoms with Gasteiger partial charge in [0.05, 0.1) is 24.3 Å². The molecule has 0 bridgehead atoms. The molecule has 12 nitrogen and oxygen atoms in total. The van der Waals surface area contributed by atoms with Gasteiger partial charge in [0, 0.05) is 38.6 Å². The minimum absolute atomic E-state index is 0.243. The molecule has 216 valence electrons. The number of aromatic nitrogens is 2. The van der Waals surface area contributed by atoms with E-state index >= 15 is 0 Å². The average molecular weight is 557 g/mol. The van der Waals surface area contributed by atoms with Crippen LogP contribution < -0.4 is 9.80 Å². The predicted molar refractivity (Wildman–Crippen MR) is 145 cm³/mol. The monoisotopic (exact) mass is 556 g/mol. The van der Waals surface area contributed by atoms with Crippen molar-refractivity contribution in [1.82, 2.24) is 9.97 Å². The van der Waals surface area contributed by atoms with Crippen LogP contribution in [-0.4, -0.2) is 85.4 Å². The Kier molecular flexibility index (Phi) is 11.2. The van der Waals surface area contributed by atoms with Crippen LogP contribution in [0.15, 0.2) is 36.7 Å². The molecule has 2 atom stereocenters. The summed E-state index contributed by atoms with van der Waals surface area (Å²) in [4.78, 5) is 61.3. The molecule has 1 fully saturated rings. The topological polar surface area (TPSA) is 137 Å². The summed E-state index contributed by atoms with van der Waals surface area (Å²) >= 11 is 0. The zero-order valence-electron chi connectivity index (χ0n) is 23.3. The lowest BCUT2D eigenvalue weighted by atomic mass is 10.2. The van der Waals surface area contributed by atoms with Gasteiger partial charge in [0.25, 0.3) is 0 Å². The summed E-state index contributed by atoms with van der Waals surface area (Å²) in [6.45, 7) is 9.92. The molecule has 3 heterocycles. The number of esters is 4. The Labute approximate surface area is 233 Å². The van der Waals surface area contributed by atoms with Gasteiger partial charge < -0.3 is 28.7 Å². The van der Waals surface area contributed by atoms with Crippen molar-refractivity contribution in [3.05, 3.63) is 47.8 Å². The molecule has 3 rings (SSSR count). The highest BCUT2D eigenvalue weighted by atomic mass is 16.6. The van der Waals surface area contributed by atoms with Crippen LogP contribution in [-0.2, 0) is 28.5 Å². The SMILES string of the molecule is CCCOC(=O)C(C)OC(=O)c1ccc(N2CCN(c3ccc(C(=O)O[C@@H](C)C(=O)OCCC)cn3)CC2)nc1. The molecule has 1 unspecified atom stereocenters. The van der Waals surface area contributed by atoms with E-state index in [1.807, 2.05) is 13.8 Å². The number of ether oxygens (including phenoxy) is 4. The maximum absolute atomic E-state index is 12.4. The first-order valence-corrected chi connectivity index (χ1v) is 13.4. The highest BCUT2D eigenvalue weighted by Crippen LogP contribution is 2.19. The largest absolute Gasteiger partial charge is 0.463 e. The maximum Gasteiger partial charge on any atom is 0.347 e. The zero-order chi connectivity index (χ0) is 29.1. The van der Waals surface area contributed by atoms with Gasteiger partial charge in [0.2, 0.25) is 0 Å². The van der Waals surface area contributed by atoms with Crippen LogP contribution in [0.3, 0.4) is 0 Å². The molecule has 0 saturated carbocycles. The number of rotatable bonds is 12. The van der Waals surface area contributed by atoms with Crippen molar-refractivity contribution in [3.8, 4) is 0 Å². The van der Waals surface area contributed by atoms with Gasteiger partial charge in [-0.3, -0.25) is 0 Å². The Morgan fingerprint density at radius 2 is 1.07 bits per heavy atom. The van der Waals surface area contributed by atoms with Crippen LogP contribution in [0.5, 0.6) is 0 Å². The van der Waals surface area contributed by atoms with Crippen LogP contribution in [0.25, 0.3) is 0 Å². The van der Waals surface area contributed by atoms with E-state index in [4.69, 9.17) is 18.9 Å². The van der Waals surface area contributed by atoms with Gasteiger partial charge in [-0.25, -0.2) is 29.1 Å². The minimum atomic E-state index is -1.00. The molecule has 0 N–H and O–H groups in total. The summed E-state index contributed by atoms with van der Waals surface area (Å²) in [7, 11) is 0. The average Bonchev–Trinajstić information content (AvgIpc) is 2.98. The van der Waals surface area contributed by atoms with Crippen LogP contribution >= 0.6 is 0 Å². The molecule has 1 aliphatic rings. The Balaban J connectivity index is 1.48. The Hall–Kier alpha value is -4.22. The third-order valence-electron chi connectivity index (χ3n) is 6.02. The second kappa shape index (κ2) is 14.8. The predicted octanol–water partition coefficient (Wildman–Crippen LogP) is 2.80. The maximum atomic E-state index is 12.4. The molecule has 0 radical (unpaired) electrons. The summed E-state index contributed by atoms with van der Waals surface area (Å²) in [5, 5.41) is 0. The molecule has 1 aliphatic heterocycles. The van der Waals surface area contributed by atoms with E-state index in [9.17, 15) is 19.2 Å². The van der Waals surface area contributed by atoms with E-state index in [-0.39, 0.29) is 24.3 Å². The molecule has 12 heteroatoms. The van der Waals surface area contributed by atoms with Gasteiger partial charge in [-0.15, -0.1) is 0 Å². The molecular weight excluding hydrogens is 520 g/mol. The third-order valence-corrected chi connectivity index (χ3v) is 6.02. The molecular formula is C28H36N4O8. The van der Waals surface area contributed by atoms with E-state index in [2.05, 4.69) is 19.8 Å². The molecule has 1 saturated heterocycles. The number of piperazine rings is 1. The van der Waals surface area contributed by atoms with Gasteiger partial charge in [0.15, 0.2) is 12.2 Å². The fraction of sp³-hybridized carbons (Fsp3) is 0.500. The summed E-state index contributed by atoms with van der Waals surface area (Å²) in [6.07, 6.45) is 2.22. The lowest BCUT2D eigenvalue weighted by Crippen LogP contribution is -2.47. The van der Waals surface area contributed by atoms with Crippen LogP contribution in [0.1, 0.15) is 61.3 Å².